The topological polar surface area (TPSA) is 65.0 Å². The molecule has 0 saturated carbocycles. The van der Waals surface area contributed by atoms with Gasteiger partial charge in [0, 0.05) is 18.5 Å². The fourth-order valence-electron chi connectivity index (χ4n) is 1.41. The molecule has 5 nitrogen and oxygen atoms in total. The minimum atomic E-state index is -0.149. The standard InChI is InChI=1S/C12H10ClN3O2/c1-18-9-3-5-14-10(7-9)11(17)6-8-2-4-15-12(13)16-8/h2-5,7H,6H2,1H3. The van der Waals surface area contributed by atoms with E-state index < -0.39 is 0 Å². The van der Waals surface area contributed by atoms with E-state index in [1.807, 2.05) is 0 Å². The molecule has 2 heterocycles. The van der Waals surface area contributed by atoms with Crippen LogP contribution in [0.25, 0.3) is 0 Å². The monoisotopic (exact) mass is 263 g/mol. The van der Waals surface area contributed by atoms with E-state index in [-0.39, 0.29) is 17.5 Å². The van der Waals surface area contributed by atoms with E-state index in [0.717, 1.165) is 0 Å². The lowest BCUT2D eigenvalue weighted by atomic mass is 10.1. The van der Waals surface area contributed by atoms with E-state index in [2.05, 4.69) is 15.0 Å². The molecule has 18 heavy (non-hydrogen) atoms. The fourth-order valence-corrected chi connectivity index (χ4v) is 1.58. The van der Waals surface area contributed by atoms with Gasteiger partial charge in [-0.25, -0.2) is 9.97 Å². The van der Waals surface area contributed by atoms with E-state index in [4.69, 9.17) is 16.3 Å². The molecule has 2 aromatic rings. The van der Waals surface area contributed by atoms with Crippen LogP contribution in [0.15, 0.2) is 30.6 Å². The number of ketones is 1. The number of ether oxygens (including phenoxy) is 1. The highest BCUT2D eigenvalue weighted by atomic mass is 35.5. The molecule has 0 aliphatic heterocycles. The number of pyridine rings is 1. The molecular formula is C12H10ClN3O2. The average Bonchev–Trinajstić information content (AvgIpc) is 2.39. The van der Waals surface area contributed by atoms with Crippen LogP contribution < -0.4 is 4.74 Å². The highest BCUT2D eigenvalue weighted by Gasteiger charge is 2.10. The molecule has 0 bridgehead atoms. The first kappa shape index (κ1) is 12.4. The number of halogens is 1. The minimum absolute atomic E-state index is 0.124. The van der Waals surface area contributed by atoms with Crippen molar-refractivity contribution in [2.24, 2.45) is 0 Å². The van der Waals surface area contributed by atoms with Gasteiger partial charge in [0.2, 0.25) is 5.28 Å². The zero-order valence-corrected chi connectivity index (χ0v) is 10.4. The van der Waals surface area contributed by atoms with Gasteiger partial charge in [-0.1, -0.05) is 0 Å². The summed E-state index contributed by atoms with van der Waals surface area (Å²) >= 11 is 5.65. The minimum Gasteiger partial charge on any atom is -0.497 e. The lowest BCUT2D eigenvalue weighted by molar-refractivity contribution is 0.0987. The Morgan fingerprint density at radius 1 is 1.33 bits per heavy atom. The second kappa shape index (κ2) is 5.55. The quantitative estimate of drug-likeness (QED) is 0.623. The number of methoxy groups -OCH3 is 1. The fraction of sp³-hybridized carbons (Fsp3) is 0.167. The molecule has 92 valence electrons. The number of hydrogen-bond donors (Lipinski definition) is 0. The molecule has 0 N–H and O–H groups in total. The Morgan fingerprint density at radius 3 is 2.83 bits per heavy atom. The number of nitrogens with zero attached hydrogens (tertiary/aromatic N) is 3. The summed E-state index contributed by atoms with van der Waals surface area (Å²) < 4.78 is 5.04. The molecule has 0 fully saturated rings. The molecule has 0 unspecified atom stereocenters. The maximum Gasteiger partial charge on any atom is 0.222 e. The van der Waals surface area contributed by atoms with E-state index in [1.165, 1.54) is 19.5 Å². The number of aromatic nitrogens is 3. The van der Waals surface area contributed by atoms with Gasteiger partial charge >= 0.3 is 0 Å². The van der Waals surface area contributed by atoms with Gasteiger partial charge in [-0.2, -0.15) is 0 Å². The largest absolute Gasteiger partial charge is 0.497 e. The molecule has 0 radical (unpaired) electrons. The van der Waals surface area contributed by atoms with Gasteiger partial charge in [0.05, 0.1) is 19.2 Å². The van der Waals surface area contributed by atoms with E-state index in [9.17, 15) is 4.79 Å². The lowest BCUT2D eigenvalue weighted by Crippen LogP contribution is -2.07. The molecule has 6 heteroatoms. The second-order valence-corrected chi connectivity index (χ2v) is 3.84. The predicted molar refractivity (Wildman–Crippen MR) is 65.9 cm³/mol. The van der Waals surface area contributed by atoms with Gasteiger partial charge in [-0.15, -0.1) is 0 Å². The molecule has 0 aromatic carbocycles. The number of hydrogen-bond acceptors (Lipinski definition) is 5. The Kier molecular flexibility index (Phi) is 3.84. The summed E-state index contributed by atoms with van der Waals surface area (Å²) in [4.78, 5) is 23.7. The molecular weight excluding hydrogens is 254 g/mol. The SMILES string of the molecule is COc1ccnc(C(=O)Cc2ccnc(Cl)n2)c1. The Morgan fingerprint density at radius 2 is 2.11 bits per heavy atom. The van der Waals surface area contributed by atoms with Gasteiger partial charge < -0.3 is 4.74 Å². The molecule has 0 aliphatic carbocycles. The molecule has 0 amide bonds. The Hall–Kier alpha value is -2.01. The first-order valence-electron chi connectivity index (χ1n) is 5.19. The normalized spacial score (nSPS) is 10.1. The van der Waals surface area contributed by atoms with Gasteiger partial charge in [-0.05, 0) is 23.7 Å². The van der Waals surface area contributed by atoms with Crippen LogP contribution in [0, 0.1) is 0 Å². The van der Waals surface area contributed by atoms with Crippen molar-refractivity contribution < 1.29 is 9.53 Å². The smallest absolute Gasteiger partial charge is 0.222 e. The summed E-state index contributed by atoms with van der Waals surface area (Å²) in [5, 5.41) is 0.124. The molecule has 0 spiro atoms. The van der Waals surface area contributed by atoms with Crippen LogP contribution in [0.5, 0.6) is 5.75 Å². The van der Waals surface area contributed by atoms with Gasteiger partial charge in [0.25, 0.3) is 0 Å². The van der Waals surface area contributed by atoms with Crippen LogP contribution in [0.1, 0.15) is 16.2 Å². The van der Waals surface area contributed by atoms with Crippen molar-refractivity contribution in [1.29, 1.82) is 0 Å². The molecule has 0 atom stereocenters. The first-order chi connectivity index (χ1) is 8.69. The van der Waals surface area contributed by atoms with Crippen LogP contribution in [-0.2, 0) is 6.42 Å². The van der Waals surface area contributed by atoms with Gasteiger partial charge in [0.1, 0.15) is 11.4 Å². The molecule has 0 aliphatic rings. The van der Waals surface area contributed by atoms with E-state index >= 15 is 0 Å². The van der Waals surface area contributed by atoms with Crippen molar-refractivity contribution in [2.45, 2.75) is 6.42 Å². The zero-order valence-electron chi connectivity index (χ0n) is 9.63. The van der Waals surface area contributed by atoms with Crippen molar-refractivity contribution >= 4 is 17.4 Å². The third kappa shape index (κ3) is 3.01. The maximum absolute atomic E-state index is 12.0. The third-order valence-electron chi connectivity index (χ3n) is 2.28. The molecule has 2 aromatic heterocycles. The number of carbonyl (C=O) groups excluding carboxylic acids is 1. The van der Waals surface area contributed by atoms with Crippen molar-refractivity contribution in [3.8, 4) is 5.75 Å². The summed E-state index contributed by atoms with van der Waals surface area (Å²) in [6.45, 7) is 0. The van der Waals surface area contributed by atoms with E-state index in [0.29, 0.717) is 17.1 Å². The van der Waals surface area contributed by atoms with Gasteiger partial charge in [0.15, 0.2) is 5.78 Å². The number of Topliss-reactive ketones (excluding diaryl/α,β-unsaturated/α-hetero) is 1. The number of rotatable bonds is 4. The molecule has 2 rings (SSSR count). The van der Waals surface area contributed by atoms with Crippen LogP contribution >= 0.6 is 11.6 Å². The Balaban J connectivity index is 2.16. The Labute approximate surface area is 109 Å². The van der Waals surface area contributed by atoms with E-state index in [1.54, 1.807) is 18.2 Å². The maximum atomic E-state index is 12.0. The average molecular weight is 264 g/mol. The Bertz CT molecular complexity index is 575. The highest BCUT2D eigenvalue weighted by Crippen LogP contribution is 2.12. The molecule has 0 saturated heterocycles. The summed E-state index contributed by atoms with van der Waals surface area (Å²) in [5.74, 6) is 0.442. The first-order valence-corrected chi connectivity index (χ1v) is 5.57. The zero-order chi connectivity index (χ0) is 13.0. The van der Waals surface area contributed by atoms with Crippen LogP contribution in [0.2, 0.25) is 5.28 Å². The third-order valence-corrected chi connectivity index (χ3v) is 2.46. The predicted octanol–water partition coefficient (Wildman–Crippen LogP) is 1.96. The second-order valence-electron chi connectivity index (χ2n) is 3.50. The van der Waals surface area contributed by atoms with Crippen molar-refractivity contribution in [3.63, 3.8) is 0 Å². The van der Waals surface area contributed by atoms with Gasteiger partial charge in [-0.3, -0.25) is 9.78 Å². The summed E-state index contributed by atoms with van der Waals surface area (Å²) in [7, 11) is 1.54. The lowest BCUT2D eigenvalue weighted by Gasteiger charge is -2.03. The van der Waals surface area contributed by atoms with Crippen LogP contribution in [0.3, 0.4) is 0 Å². The number of carbonyl (C=O) groups is 1. The summed E-state index contributed by atoms with van der Waals surface area (Å²) in [6.07, 6.45) is 3.17. The summed E-state index contributed by atoms with van der Waals surface area (Å²) in [6, 6.07) is 4.91. The van der Waals surface area contributed by atoms with Crippen molar-refractivity contribution in [2.75, 3.05) is 7.11 Å². The van der Waals surface area contributed by atoms with Crippen molar-refractivity contribution in [3.05, 3.63) is 47.3 Å². The summed E-state index contributed by atoms with van der Waals surface area (Å²) in [5.41, 5.74) is 0.897. The van der Waals surface area contributed by atoms with Crippen LogP contribution in [0.4, 0.5) is 0 Å². The van der Waals surface area contributed by atoms with Crippen molar-refractivity contribution in [1.82, 2.24) is 15.0 Å². The highest BCUT2D eigenvalue weighted by molar-refractivity contribution is 6.28. The van der Waals surface area contributed by atoms with Crippen LogP contribution in [-0.4, -0.2) is 27.8 Å².